The first-order valence-corrected chi connectivity index (χ1v) is 7.28. The Kier molecular flexibility index (Phi) is 17.2. The minimum atomic E-state index is -0.833. The van der Waals surface area contributed by atoms with Gasteiger partial charge in [0.1, 0.15) is 0 Å². The first-order valence-electron chi connectivity index (χ1n) is 7.28. The quantitative estimate of drug-likeness (QED) is 0.313. The van der Waals surface area contributed by atoms with E-state index in [2.05, 4.69) is 29.2 Å². The molecule has 0 fully saturated rings. The molecule has 3 N–H and O–H groups in total. The molecule has 7 heteroatoms. The lowest BCUT2D eigenvalue weighted by atomic mass is 10.3. The molecule has 0 amide bonds. The molecule has 0 saturated heterocycles. The number of nitrogens with one attached hydrogen (secondary N) is 2. The minimum absolute atomic E-state index is 0.0979. The van der Waals surface area contributed by atoms with Crippen molar-refractivity contribution in [3.05, 3.63) is 0 Å². The van der Waals surface area contributed by atoms with Crippen molar-refractivity contribution in [2.75, 3.05) is 26.2 Å². The average molecular weight is 304 g/mol. The Hall–Kier alpha value is -1.47. The minimum Gasteiger partial charge on any atom is -0.481 e. The van der Waals surface area contributed by atoms with E-state index in [1.165, 1.54) is 0 Å². The molecule has 124 valence electrons. The van der Waals surface area contributed by atoms with Crippen LogP contribution in [-0.2, 0) is 19.1 Å². The third-order valence-electron chi connectivity index (χ3n) is 2.18. The highest BCUT2D eigenvalue weighted by Gasteiger charge is 2.08. The van der Waals surface area contributed by atoms with Crippen molar-refractivity contribution in [1.82, 2.24) is 10.6 Å². The normalized spacial score (nSPS) is 9.48. The molecule has 0 bridgehead atoms. The second-order valence-corrected chi connectivity index (χ2v) is 4.43. The summed E-state index contributed by atoms with van der Waals surface area (Å²) in [5.74, 6) is -1.85. The Morgan fingerprint density at radius 2 is 1.24 bits per heavy atom. The Labute approximate surface area is 126 Å². The van der Waals surface area contributed by atoms with Crippen LogP contribution in [0.3, 0.4) is 0 Å². The van der Waals surface area contributed by atoms with E-state index in [1.807, 2.05) is 0 Å². The predicted octanol–water partition coefficient (Wildman–Crippen LogP) is 0.926. The molecule has 7 nitrogen and oxygen atoms in total. The second-order valence-electron chi connectivity index (χ2n) is 4.43. The number of rotatable bonds is 10. The molecule has 0 aliphatic carbocycles. The number of carboxylic acid groups (broad SMARTS) is 1. The number of carbonyl (C=O) groups is 3. The van der Waals surface area contributed by atoms with E-state index in [9.17, 15) is 9.59 Å². The first kappa shape index (κ1) is 21.8. The molecule has 0 aliphatic heterocycles. The number of unbranched alkanes of at least 4 members (excludes halogenated alkanes) is 2. The van der Waals surface area contributed by atoms with Crippen molar-refractivity contribution < 1.29 is 24.2 Å². The summed E-state index contributed by atoms with van der Waals surface area (Å²) in [6.07, 6.45) is 4.17. The van der Waals surface area contributed by atoms with Crippen LogP contribution in [0.2, 0.25) is 0 Å². The molecule has 0 spiro atoms. The number of aliphatic carboxylic acids is 1. The Bertz CT molecular complexity index is 269. The maximum Gasteiger partial charge on any atom is 0.327 e. The summed E-state index contributed by atoms with van der Waals surface area (Å²) >= 11 is 0. The van der Waals surface area contributed by atoms with Gasteiger partial charge in [-0.1, -0.05) is 26.7 Å². The van der Waals surface area contributed by atoms with Gasteiger partial charge in [0.25, 0.3) is 5.97 Å². The zero-order valence-electron chi connectivity index (χ0n) is 13.2. The van der Waals surface area contributed by atoms with Gasteiger partial charge in [-0.3, -0.25) is 14.4 Å². The molecule has 0 aromatic heterocycles. The van der Waals surface area contributed by atoms with Gasteiger partial charge in [-0.25, -0.2) is 0 Å². The van der Waals surface area contributed by atoms with Crippen LogP contribution in [0.5, 0.6) is 0 Å². The fourth-order valence-corrected chi connectivity index (χ4v) is 1.18. The largest absolute Gasteiger partial charge is 0.481 e. The molecule has 0 aromatic carbocycles. The van der Waals surface area contributed by atoms with E-state index in [-0.39, 0.29) is 13.1 Å². The molecule has 0 aromatic rings. The molecule has 21 heavy (non-hydrogen) atoms. The highest BCUT2D eigenvalue weighted by Crippen LogP contribution is 1.85. The van der Waals surface area contributed by atoms with E-state index >= 15 is 0 Å². The number of carbonyl (C=O) groups excluding carboxylic acids is 2. The van der Waals surface area contributed by atoms with Crippen LogP contribution < -0.4 is 10.6 Å². The molecule has 0 radical (unpaired) electrons. The van der Waals surface area contributed by atoms with Crippen LogP contribution in [0.1, 0.15) is 46.5 Å². The van der Waals surface area contributed by atoms with Crippen molar-refractivity contribution in [3.63, 3.8) is 0 Å². The van der Waals surface area contributed by atoms with Gasteiger partial charge in [-0.15, -0.1) is 0 Å². The third kappa shape index (κ3) is 24.0. The van der Waals surface area contributed by atoms with Crippen molar-refractivity contribution in [3.8, 4) is 0 Å². The fraction of sp³-hybridized carbons (Fsp3) is 0.786. The lowest BCUT2D eigenvalue weighted by Gasteiger charge is -2.05. The summed E-state index contributed by atoms with van der Waals surface area (Å²) in [6.45, 7) is 6.97. The first-order chi connectivity index (χ1) is 9.93. The van der Waals surface area contributed by atoms with Gasteiger partial charge in [0.15, 0.2) is 0 Å². The lowest BCUT2D eigenvalue weighted by molar-refractivity contribution is -0.158. The number of ether oxygens (including phenoxy) is 1. The van der Waals surface area contributed by atoms with Crippen molar-refractivity contribution in [2.24, 2.45) is 0 Å². The summed E-state index contributed by atoms with van der Waals surface area (Å²) in [5, 5.41) is 13.3. The van der Waals surface area contributed by atoms with Crippen LogP contribution >= 0.6 is 0 Å². The number of esters is 2. The van der Waals surface area contributed by atoms with Crippen LogP contribution in [0.15, 0.2) is 0 Å². The maximum absolute atomic E-state index is 11.2. The smallest absolute Gasteiger partial charge is 0.327 e. The molecule has 0 heterocycles. The van der Waals surface area contributed by atoms with Gasteiger partial charge in [0.2, 0.25) is 0 Å². The molecule has 0 atom stereocenters. The summed E-state index contributed by atoms with van der Waals surface area (Å²) in [6, 6.07) is 0. The zero-order chi connectivity index (χ0) is 16.5. The van der Waals surface area contributed by atoms with Gasteiger partial charge in [0.05, 0.1) is 13.1 Å². The zero-order valence-corrected chi connectivity index (χ0v) is 13.2. The molecular formula is C14H28N2O5. The lowest BCUT2D eigenvalue weighted by Crippen LogP contribution is -2.31. The Morgan fingerprint density at radius 3 is 1.52 bits per heavy atom. The van der Waals surface area contributed by atoms with E-state index in [0.717, 1.165) is 45.7 Å². The number of hydrogen-bond acceptors (Lipinski definition) is 6. The third-order valence-corrected chi connectivity index (χ3v) is 2.18. The van der Waals surface area contributed by atoms with Crippen LogP contribution in [0, 0.1) is 0 Å². The topological polar surface area (TPSA) is 105 Å². The van der Waals surface area contributed by atoms with Crippen molar-refractivity contribution >= 4 is 17.9 Å². The predicted molar refractivity (Wildman–Crippen MR) is 80.0 cm³/mol. The van der Waals surface area contributed by atoms with Crippen LogP contribution in [0.25, 0.3) is 0 Å². The fourth-order valence-electron chi connectivity index (χ4n) is 1.18. The standard InChI is InChI=1S/C12H24N2O3.C2H4O2/c1-3-5-7-13-9-11(15)17-12(16)10-14-8-6-4-2;1-2(3)4/h13-14H,3-10H2,1-2H3;1H3,(H,3,4). The van der Waals surface area contributed by atoms with Crippen LogP contribution in [-0.4, -0.2) is 49.2 Å². The molecule has 0 saturated carbocycles. The van der Waals surface area contributed by atoms with Gasteiger partial charge < -0.3 is 20.5 Å². The summed E-state index contributed by atoms with van der Waals surface area (Å²) in [4.78, 5) is 31.3. The van der Waals surface area contributed by atoms with Gasteiger partial charge in [0, 0.05) is 6.92 Å². The summed E-state index contributed by atoms with van der Waals surface area (Å²) in [5.41, 5.74) is 0. The number of carboxylic acids is 1. The second kappa shape index (κ2) is 16.6. The van der Waals surface area contributed by atoms with E-state index in [0.29, 0.717) is 0 Å². The highest BCUT2D eigenvalue weighted by molar-refractivity contribution is 5.87. The SMILES string of the molecule is CC(=O)O.CCCCNCC(=O)OC(=O)CNCCCC. The molecule has 0 aliphatic rings. The van der Waals surface area contributed by atoms with Gasteiger partial charge in [-0.2, -0.15) is 0 Å². The van der Waals surface area contributed by atoms with Gasteiger partial charge >= 0.3 is 11.9 Å². The van der Waals surface area contributed by atoms with E-state index in [4.69, 9.17) is 9.90 Å². The molecule has 0 unspecified atom stereocenters. The van der Waals surface area contributed by atoms with Gasteiger partial charge in [-0.05, 0) is 25.9 Å². The van der Waals surface area contributed by atoms with Crippen molar-refractivity contribution in [2.45, 2.75) is 46.5 Å². The summed E-state index contributed by atoms with van der Waals surface area (Å²) < 4.78 is 4.61. The van der Waals surface area contributed by atoms with E-state index in [1.54, 1.807) is 0 Å². The van der Waals surface area contributed by atoms with Crippen molar-refractivity contribution in [1.29, 1.82) is 0 Å². The molecule has 0 rings (SSSR count). The molecular weight excluding hydrogens is 276 g/mol. The van der Waals surface area contributed by atoms with Crippen LogP contribution in [0.4, 0.5) is 0 Å². The number of hydrogen-bond donors (Lipinski definition) is 3. The maximum atomic E-state index is 11.2. The highest BCUT2D eigenvalue weighted by atomic mass is 16.6. The monoisotopic (exact) mass is 304 g/mol. The Balaban J connectivity index is 0. The van der Waals surface area contributed by atoms with E-state index < -0.39 is 17.9 Å². The summed E-state index contributed by atoms with van der Waals surface area (Å²) in [7, 11) is 0. The average Bonchev–Trinajstić information content (AvgIpc) is 2.39. The Morgan fingerprint density at radius 1 is 0.905 bits per heavy atom.